The van der Waals surface area contributed by atoms with Gasteiger partial charge in [0.25, 0.3) is 0 Å². The maximum Gasteiger partial charge on any atom is 0.193 e. The van der Waals surface area contributed by atoms with Gasteiger partial charge in [0.2, 0.25) is 0 Å². The van der Waals surface area contributed by atoms with Crippen LogP contribution in [0.2, 0.25) is 0 Å². The average Bonchev–Trinajstić information content (AvgIpc) is 2.61. The molecular formula is C18H29FIN3O2. The summed E-state index contributed by atoms with van der Waals surface area (Å²) in [5.74, 6) is 1.46. The number of nitrogens with zero attached hydrogens (tertiary/aromatic N) is 2. The molecule has 0 aromatic heterocycles. The minimum absolute atomic E-state index is 0. The summed E-state index contributed by atoms with van der Waals surface area (Å²) >= 11 is 0. The zero-order valence-electron chi connectivity index (χ0n) is 15.3. The van der Waals surface area contributed by atoms with Crippen LogP contribution in [-0.4, -0.2) is 51.8 Å². The second-order valence-electron chi connectivity index (χ2n) is 6.14. The number of rotatable bonds is 6. The van der Waals surface area contributed by atoms with Crippen molar-refractivity contribution in [1.82, 2.24) is 10.2 Å². The summed E-state index contributed by atoms with van der Waals surface area (Å²) < 4.78 is 24.1. The van der Waals surface area contributed by atoms with E-state index in [0.717, 1.165) is 56.5 Å². The van der Waals surface area contributed by atoms with Crippen LogP contribution in [0, 0.1) is 11.7 Å². The summed E-state index contributed by atoms with van der Waals surface area (Å²) in [5.41, 5.74) is 0.854. The van der Waals surface area contributed by atoms with Crippen molar-refractivity contribution in [2.45, 2.75) is 25.8 Å². The minimum atomic E-state index is -0.348. The fourth-order valence-corrected chi connectivity index (χ4v) is 2.90. The summed E-state index contributed by atoms with van der Waals surface area (Å²) in [6.45, 7) is 3.23. The van der Waals surface area contributed by atoms with Crippen LogP contribution in [0.4, 0.5) is 4.39 Å². The smallest absolute Gasteiger partial charge is 0.193 e. The van der Waals surface area contributed by atoms with E-state index in [0.29, 0.717) is 6.54 Å². The van der Waals surface area contributed by atoms with Crippen molar-refractivity contribution in [1.29, 1.82) is 0 Å². The van der Waals surface area contributed by atoms with Gasteiger partial charge in [-0.1, -0.05) is 6.07 Å². The van der Waals surface area contributed by atoms with Crippen molar-refractivity contribution in [3.63, 3.8) is 0 Å². The van der Waals surface area contributed by atoms with Crippen molar-refractivity contribution in [2.24, 2.45) is 10.9 Å². The molecule has 1 aliphatic rings. The first-order valence-corrected chi connectivity index (χ1v) is 8.46. The maximum absolute atomic E-state index is 13.7. The highest BCUT2D eigenvalue weighted by molar-refractivity contribution is 14.0. The third kappa shape index (κ3) is 6.97. The third-order valence-electron chi connectivity index (χ3n) is 4.45. The third-order valence-corrected chi connectivity index (χ3v) is 4.45. The van der Waals surface area contributed by atoms with Gasteiger partial charge in [-0.05, 0) is 42.9 Å². The van der Waals surface area contributed by atoms with Crippen LogP contribution in [0.25, 0.3) is 0 Å². The molecule has 1 saturated heterocycles. The van der Waals surface area contributed by atoms with Crippen LogP contribution in [0.3, 0.4) is 0 Å². The number of aliphatic imine (C=N–C) groups is 1. The second kappa shape index (κ2) is 11.5. The lowest BCUT2D eigenvalue weighted by Crippen LogP contribution is -2.39. The Kier molecular flexibility index (Phi) is 10.1. The van der Waals surface area contributed by atoms with Gasteiger partial charge in [-0.25, -0.2) is 4.39 Å². The van der Waals surface area contributed by atoms with Gasteiger partial charge < -0.3 is 19.7 Å². The lowest BCUT2D eigenvalue weighted by atomic mass is 9.96. The molecule has 1 N–H and O–H groups in total. The van der Waals surface area contributed by atoms with Crippen molar-refractivity contribution in [3.8, 4) is 5.75 Å². The molecule has 1 aliphatic heterocycles. The molecule has 25 heavy (non-hydrogen) atoms. The van der Waals surface area contributed by atoms with Crippen molar-refractivity contribution in [3.05, 3.63) is 29.6 Å². The van der Waals surface area contributed by atoms with Gasteiger partial charge in [0.15, 0.2) is 17.5 Å². The molecule has 1 fully saturated rings. The molecule has 0 atom stereocenters. The number of halogens is 2. The van der Waals surface area contributed by atoms with Gasteiger partial charge in [-0.2, -0.15) is 0 Å². The summed E-state index contributed by atoms with van der Waals surface area (Å²) in [6.07, 6.45) is 3.42. The monoisotopic (exact) mass is 465 g/mol. The number of benzene rings is 1. The zero-order chi connectivity index (χ0) is 17.4. The Balaban J connectivity index is 0.00000312. The first-order chi connectivity index (χ1) is 11.6. The molecule has 1 aromatic carbocycles. The predicted molar refractivity (Wildman–Crippen MR) is 109 cm³/mol. The van der Waals surface area contributed by atoms with Gasteiger partial charge in [-0.15, -0.1) is 24.0 Å². The van der Waals surface area contributed by atoms with Crippen LogP contribution < -0.4 is 10.1 Å². The molecule has 0 saturated carbocycles. The number of nitrogens with one attached hydrogen (secondary N) is 1. The SMILES string of the molecule is CN=C(NCc1ccc(OC)c(F)c1)N(C)CCC1CCOCC1.I. The summed E-state index contributed by atoms with van der Waals surface area (Å²) in [6, 6.07) is 4.98. The molecule has 5 nitrogen and oxygen atoms in total. The predicted octanol–water partition coefficient (Wildman–Crippen LogP) is 3.28. The van der Waals surface area contributed by atoms with Crippen LogP contribution in [0.15, 0.2) is 23.2 Å². The van der Waals surface area contributed by atoms with Gasteiger partial charge >= 0.3 is 0 Å². The Hall–Kier alpha value is -1.09. The van der Waals surface area contributed by atoms with E-state index in [1.54, 1.807) is 13.1 Å². The zero-order valence-corrected chi connectivity index (χ0v) is 17.6. The van der Waals surface area contributed by atoms with E-state index in [2.05, 4.69) is 15.2 Å². The van der Waals surface area contributed by atoms with Crippen LogP contribution in [0.1, 0.15) is 24.8 Å². The fourth-order valence-electron chi connectivity index (χ4n) is 2.90. The molecule has 1 heterocycles. The van der Waals surface area contributed by atoms with Crippen LogP contribution >= 0.6 is 24.0 Å². The lowest BCUT2D eigenvalue weighted by Gasteiger charge is -2.26. The largest absolute Gasteiger partial charge is 0.494 e. The summed E-state index contributed by atoms with van der Waals surface area (Å²) in [7, 11) is 5.26. The number of ether oxygens (including phenoxy) is 2. The van der Waals surface area contributed by atoms with Gasteiger partial charge in [0.05, 0.1) is 7.11 Å². The second-order valence-corrected chi connectivity index (χ2v) is 6.14. The molecule has 0 unspecified atom stereocenters. The van der Waals surface area contributed by atoms with E-state index < -0.39 is 0 Å². The molecule has 0 bridgehead atoms. The highest BCUT2D eigenvalue weighted by Gasteiger charge is 2.15. The lowest BCUT2D eigenvalue weighted by molar-refractivity contribution is 0.0625. The molecule has 0 aliphatic carbocycles. The normalized spacial score (nSPS) is 15.4. The van der Waals surface area contributed by atoms with Gasteiger partial charge in [0, 0.05) is 40.4 Å². The van der Waals surface area contributed by atoms with E-state index >= 15 is 0 Å². The van der Waals surface area contributed by atoms with E-state index in [1.807, 2.05) is 13.1 Å². The van der Waals surface area contributed by atoms with E-state index in [-0.39, 0.29) is 35.5 Å². The number of guanidine groups is 1. The van der Waals surface area contributed by atoms with Gasteiger partial charge in [-0.3, -0.25) is 4.99 Å². The van der Waals surface area contributed by atoms with E-state index in [1.165, 1.54) is 13.2 Å². The number of methoxy groups -OCH3 is 1. The average molecular weight is 465 g/mol. The first kappa shape index (κ1) is 22.0. The number of hydrogen-bond acceptors (Lipinski definition) is 3. The Morgan fingerprint density at radius 1 is 1.40 bits per heavy atom. The highest BCUT2D eigenvalue weighted by atomic mass is 127. The quantitative estimate of drug-likeness (QED) is 0.398. The summed E-state index contributed by atoms with van der Waals surface area (Å²) in [5, 5.41) is 3.28. The highest BCUT2D eigenvalue weighted by Crippen LogP contribution is 2.19. The molecule has 1 aromatic rings. The molecule has 142 valence electrons. The molecule has 2 rings (SSSR count). The first-order valence-electron chi connectivity index (χ1n) is 8.46. The number of hydrogen-bond donors (Lipinski definition) is 1. The topological polar surface area (TPSA) is 46.1 Å². The maximum atomic E-state index is 13.7. The Morgan fingerprint density at radius 3 is 2.72 bits per heavy atom. The molecule has 7 heteroatoms. The Bertz CT molecular complexity index is 551. The van der Waals surface area contributed by atoms with Crippen LogP contribution in [-0.2, 0) is 11.3 Å². The van der Waals surface area contributed by atoms with Gasteiger partial charge in [0.1, 0.15) is 0 Å². The van der Waals surface area contributed by atoms with E-state index in [9.17, 15) is 4.39 Å². The standard InChI is InChI=1S/C18H28FN3O2.HI/c1-20-18(22(2)9-6-14-7-10-24-11-8-14)21-13-15-4-5-17(23-3)16(19)12-15;/h4-5,12,14H,6-11,13H2,1-3H3,(H,20,21);1H. The van der Waals surface area contributed by atoms with Crippen molar-refractivity contribution in [2.75, 3.05) is 41.0 Å². The molecular weight excluding hydrogens is 436 g/mol. The van der Waals surface area contributed by atoms with E-state index in [4.69, 9.17) is 9.47 Å². The summed E-state index contributed by atoms with van der Waals surface area (Å²) in [4.78, 5) is 6.43. The molecule has 0 amide bonds. The molecule has 0 radical (unpaired) electrons. The fraction of sp³-hybridized carbons (Fsp3) is 0.611. The minimum Gasteiger partial charge on any atom is -0.494 e. The van der Waals surface area contributed by atoms with Crippen molar-refractivity contribution >= 4 is 29.9 Å². The Labute approximate surface area is 167 Å². The molecule has 0 spiro atoms. The Morgan fingerprint density at radius 2 is 2.12 bits per heavy atom. The van der Waals surface area contributed by atoms with Crippen LogP contribution in [0.5, 0.6) is 5.75 Å². The van der Waals surface area contributed by atoms with Crippen molar-refractivity contribution < 1.29 is 13.9 Å².